The van der Waals surface area contributed by atoms with E-state index in [9.17, 15) is 21.8 Å². The molecule has 7 nitrogen and oxygen atoms in total. The van der Waals surface area contributed by atoms with E-state index in [1.807, 2.05) is 0 Å². The minimum atomic E-state index is -4.77. The maximum atomic E-state index is 14.0. The van der Waals surface area contributed by atoms with Crippen molar-refractivity contribution in [2.24, 2.45) is 0 Å². The minimum Gasteiger partial charge on any atom is -0.486 e. The van der Waals surface area contributed by atoms with Crippen molar-refractivity contribution in [2.75, 3.05) is 29.5 Å². The summed E-state index contributed by atoms with van der Waals surface area (Å²) in [6, 6.07) is 5.80. The van der Waals surface area contributed by atoms with Crippen molar-refractivity contribution in [1.29, 1.82) is 0 Å². The molecule has 0 aliphatic carbocycles. The van der Waals surface area contributed by atoms with Gasteiger partial charge in [0.15, 0.2) is 0 Å². The summed E-state index contributed by atoms with van der Waals surface area (Å²) in [6.07, 6.45) is -2.11. The normalized spacial score (nSPS) is 18.2. The average molecular weight is 484 g/mol. The molecule has 0 radical (unpaired) electrons. The molecule has 1 aliphatic heterocycles. The molecule has 2 atom stereocenters. The van der Waals surface area contributed by atoms with E-state index >= 15 is 0 Å². The van der Waals surface area contributed by atoms with Crippen LogP contribution in [0.25, 0.3) is 10.9 Å². The van der Waals surface area contributed by atoms with Gasteiger partial charge in [-0.2, -0.15) is 13.2 Å². The Balaban J connectivity index is 1.81. The fourth-order valence-electron chi connectivity index (χ4n) is 3.43. The van der Waals surface area contributed by atoms with Crippen molar-refractivity contribution < 1.29 is 31.2 Å². The number of anilines is 3. The molecule has 2 heterocycles. The van der Waals surface area contributed by atoms with Gasteiger partial charge in [-0.3, -0.25) is 0 Å². The summed E-state index contributed by atoms with van der Waals surface area (Å²) in [5.41, 5.74) is -0.896. The Morgan fingerprint density at radius 2 is 2.03 bits per heavy atom. The van der Waals surface area contributed by atoms with Crippen LogP contribution in [0.1, 0.15) is 12.0 Å². The third-order valence-corrected chi connectivity index (χ3v) is 5.42. The van der Waals surface area contributed by atoms with Gasteiger partial charge in [0.05, 0.1) is 35.4 Å². The molecular weight excluding hydrogens is 464 g/mol. The predicted molar refractivity (Wildman–Crippen MR) is 119 cm³/mol. The number of rotatable bonds is 6. The standard InChI is InChI=1S/C21H20F4N4O3S/c1-33(2,30)29-13-8-15(21(23,24)25)19-17(9-13)26-11-27-20(19)28-16-4-3-12(22)7-18(16)32-14-5-6-31-10-14/h3-4,7-9,11,14H,1,5-6,10H2,2H3,(H,29,30)(H,26,27,28). The lowest BCUT2D eigenvalue weighted by Crippen LogP contribution is -2.17. The number of hydrogen-bond donors (Lipinski definition) is 2. The number of nitrogens with one attached hydrogen (secondary N) is 2. The number of hydrogen-bond acceptors (Lipinski definition) is 6. The van der Waals surface area contributed by atoms with Crippen molar-refractivity contribution in [3.8, 4) is 5.75 Å². The highest BCUT2D eigenvalue weighted by Gasteiger charge is 2.35. The van der Waals surface area contributed by atoms with E-state index in [0.29, 0.717) is 19.6 Å². The predicted octanol–water partition coefficient (Wildman–Crippen LogP) is 4.37. The van der Waals surface area contributed by atoms with Crippen LogP contribution in [0.3, 0.4) is 0 Å². The van der Waals surface area contributed by atoms with Gasteiger partial charge in [0.2, 0.25) is 0 Å². The minimum absolute atomic E-state index is 0.0396. The van der Waals surface area contributed by atoms with Gasteiger partial charge in [0, 0.05) is 34.1 Å². The molecule has 1 fully saturated rings. The Hall–Kier alpha value is -3.12. The first-order valence-electron chi connectivity index (χ1n) is 9.76. The Morgan fingerprint density at radius 1 is 1.24 bits per heavy atom. The van der Waals surface area contributed by atoms with Crippen molar-refractivity contribution in [3.05, 3.63) is 48.0 Å². The quantitative estimate of drug-likeness (QED) is 0.399. The summed E-state index contributed by atoms with van der Waals surface area (Å²) in [6.45, 7) is 0.829. The van der Waals surface area contributed by atoms with Crippen molar-refractivity contribution >= 4 is 43.7 Å². The number of halogens is 4. The Kier molecular flexibility index (Phi) is 6.06. The second-order valence-corrected chi connectivity index (χ2v) is 9.83. The van der Waals surface area contributed by atoms with Crippen molar-refractivity contribution in [3.63, 3.8) is 0 Å². The second-order valence-electron chi connectivity index (χ2n) is 7.61. The molecule has 4 rings (SSSR count). The van der Waals surface area contributed by atoms with Gasteiger partial charge in [0.1, 0.15) is 29.8 Å². The van der Waals surface area contributed by atoms with Gasteiger partial charge in [0.25, 0.3) is 0 Å². The lowest BCUT2D eigenvalue weighted by atomic mass is 10.1. The zero-order valence-electron chi connectivity index (χ0n) is 17.4. The Labute approximate surface area is 187 Å². The molecule has 3 aromatic rings. The molecule has 2 N–H and O–H groups in total. The average Bonchev–Trinajstić information content (AvgIpc) is 3.20. The Morgan fingerprint density at radius 3 is 2.70 bits per heavy atom. The first kappa shape index (κ1) is 23.1. The zero-order valence-corrected chi connectivity index (χ0v) is 18.2. The van der Waals surface area contributed by atoms with Crippen LogP contribution in [0.2, 0.25) is 0 Å². The highest BCUT2D eigenvalue weighted by Crippen LogP contribution is 2.40. The molecule has 0 amide bonds. The molecule has 2 unspecified atom stereocenters. The van der Waals surface area contributed by atoms with Crippen LogP contribution in [0.4, 0.5) is 34.8 Å². The van der Waals surface area contributed by atoms with Gasteiger partial charge in [-0.1, -0.05) is 0 Å². The number of benzene rings is 2. The fourth-order valence-corrected chi connectivity index (χ4v) is 4.04. The second kappa shape index (κ2) is 8.67. The van der Waals surface area contributed by atoms with Crippen LogP contribution < -0.4 is 14.8 Å². The summed E-state index contributed by atoms with van der Waals surface area (Å²) >= 11 is 0. The summed E-state index contributed by atoms with van der Waals surface area (Å²) in [5, 5.41) is 2.52. The van der Waals surface area contributed by atoms with E-state index in [-0.39, 0.29) is 39.9 Å². The maximum Gasteiger partial charge on any atom is 0.417 e. The monoisotopic (exact) mass is 484 g/mol. The molecule has 1 aromatic heterocycles. The zero-order chi connectivity index (χ0) is 23.8. The summed E-state index contributed by atoms with van der Waals surface area (Å²) < 4.78 is 81.3. The van der Waals surface area contributed by atoms with E-state index in [0.717, 1.165) is 24.5 Å². The number of aromatic nitrogens is 2. The SMILES string of the molecule is C=S(C)(=O)Nc1cc(C(F)(F)F)c2c(Nc3ccc(F)cc3OC3CCOC3)ncnc2c1. The highest BCUT2D eigenvalue weighted by atomic mass is 32.2. The molecule has 0 spiro atoms. The van der Waals surface area contributed by atoms with Crippen LogP contribution in [0.15, 0.2) is 36.7 Å². The van der Waals surface area contributed by atoms with Crippen molar-refractivity contribution in [1.82, 2.24) is 9.97 Å². The van der Waals surface area contributed by atoms with E-state index in [4.69, 9.17) is 9.47 Å². The van der Waals surface area contributed by atoms with Gasteiger partial charge < -0.3 is 19.5 Å². The van der Waals surface area contributed by atoms with Gasteiger partial charge in [-0.15, -0.1) is 0 Å². The van der Waals surface area contributed by atoms with E-state index in [1.54, 1.807) is 0 Å². The van der Waals surface area contributed by atoms with Crippen molar-refractivity contribution in [2.45, 2.75) is 18.7 Å². The molecule has 33 heavy (non-hydrogen) atoms. The molecule has 12 heteroatoms. The number of fused-ring (bicyclic) bond motifs is 1. The largest absolute Gasteiger partial charge is 0.486 e. The van der Waals surface area contributed by atoms with Crippen LogP contribution in [0, 0.1) is 5.82 Å². The van der Waals surface area contributed by atoms with Gasteiger partial charge in [-0.25, -0.2) is 18.6 Å². The van der Waals surface area contributed by atoms with E-state index < -0.39 is 27.3 Å². The van der Waals surface area contributed by atoms with Crippen LogP contribution >= 0.6 is 0 Å². The van der Waals surface area contributed by atoms with Gasteiger partial charge in [-0.05, 0) is 30.1 Å². The Bertz CT molecular complexity index is 1290. The number of alkyl halides is 3. The fraction of sp³-hybridized carbons (Fsp3) is 0.286. The third-order valence-electron chi connectivity index (χ3n) is 4.76. The van der Waals surface area contributed by atoms with Crippen LogP contribution in [-0.4, -0.2) is 45.6 Å². The molecule has 176 valence electrons. The lowest BCUT2D eigenvalue weighted by Gasteiger charge is -2.19. The molecule has 1 saturated heterocycles. The number of ether oxygens (including phenoxy) is 2. The van der Waals surface area contributed by atoms with Crippen LogP contribution in [0.5, 0.6) is 5.75 Å². The summed E-state index contributed by atoms with van der Waals surface area (Å²) in [7, 11) is -2.83. The summed E-state index contributed by atoms with van der Waals surface area (Å²) in [5.74, 6) is 2.81. The van der Waals surface area contributed by atoms with Gasteiger partial charge >= 0.3 is 6.18 Å². The first-order chi connectivity index (χ1) is 15.5. The maximum absolute atomic E-state index is 14.0. The molecule has 2 aromatic carbocycles. The first-order valence-corrected chi connectivity index (χ1v) is 11.9. The smallest absolute Gasteiger partial charge is 0.417 e. The lowest BCUT2D eigenvalue weighted by molar-refractivity contribution is -0.136. The van der Waals surface area contributed by atoms with E-state index in [2.05, 4.69) is 25.9 Å². The molecule has 0 saturated carbocycles. The van der Waals surface area contributed by atoms with Crippen LogP contribution in [-0.2, 0) is 20.6 Å². The highest BCUT2D eigenvalue weighted by molar-refractivity contribution is 8.00. The summed E-state index contributed by atoms with van der Waals surface area (Å²) in [4.78, 5) is 7.95. The number of nitrogens with zero attached hydrogens (tertiary/aromatic N) is 2. The molecule has 1 aliphatic rings. The third kappa shape index (κ3) is 5.45. The molecule has 0 bridgehead atoms. The topological polar surface area (TPSA) is 85.4 Å². The molecular formula is C21H20F4N4O3S. The van der Waals surface area contributed by atoms with E-state index in [1.165, 1.54) is 18.4 Å².